The fourth-order valence-electron chi connectivity index (χ4n) is 3.01. The van der Waals surface area contributed by atoms with E-state index in [1.54, 1.807) is 16.2 Å². The standard InChI is InChI=1S/C14H19N3O3S/c18-12(19)7-9-5-6-17(8-9)14(20)16-13-15-10-3-1-2-4-11(10)21-13/h9H,1-8H2,(H,18,19)(H,15,16,20). The molecule has 6 nitrogen and oxygen atoms in total. The fourth-order valence-corrected chi connectivity index (χ4v) is 4.05. The number of hydrogen-bond donors (Lipinski definition) is 2. The highest BCUT2D eigenvalue weighted by atomic mass is 32.1. The van der Waals surface area contributed by atoms with Crippen LogP contribution in [0.1, 0.15) is 36.3 Å². The second-order valence-corrected chi connectivity index (χ2v) is 6.81. The number of carbonyl (C=O) groups is 2. The largest absolute Gasteiger partial charge is 0.481 e. The number of aromatic nitrogens is 1. The molecule has 3 rings (SSSR count). The Hall–Kier alpha value is -1.63. The van der Waals surface area contributed by atoms with Gasteiger partial charge < -0.3 is 10.0 Å². The molecule has 0 saturated carbocycles. The first kappa shape index (κ1) is 14.3. The number of carbonyl (C=O) groups excluding carboxylic acids is 1. The summed E-state index contributed by atoms with van der Waals surface area (Å²) in [4.78, 5) is 30.4. The van der Waals surface area contributed by atoms with Crippen LogP contribution >= 0.6 is 11.3 Å². The van der Waals surface area contributed by atoms with Gasteiger partial charge in [0.1, 0.15) is 0 Å². The van der Waals surface area contributed by atoms with Crippen molar-refractivity contribution in [3.05, 3.63) is 10.6 Å². The van der Waals surface area contributed by atoms with Gasteiger partial charge in [-0.05, 0) is 38.0 Å². The maximum atomic E-state index is 12.2. The van der Waals surface area contributed by atoms with Crippen molar-refractivity contribution in [2.24, 2.45) is 5.92 Å². The molecule has 1 aliphatic carbocycles. The molecule has 2 heterocycles. The number of carboxylic acids is 1. The molecule has 7 heteroatoms. The van der Waals surface area contributed by atoms with Gasteiger partial charge >= 0.3 is 12.0 Å². The van der Waals surface area contributed by atoms with Crippen molar-refractivity contribution in [3.8, 4) is 0 Å². The lowest BCUT2D eigenvalue weighted by Crippen LogP contribution is -2.33. The molecule has 1 unspecified atom stereocenters. The number of anilines is 1. The first-order valence-electron chi connectivity index (χ1n) is 7.38. The van der Waals surface area contributed by atoms with Crippen LogP contribution in [0.3, 0.4) is 0 Å². The van der Waals surface area contributed by atoms with Gasteiger partial charge in [-0.3, -0.25) is 10.1 Å². The molecule has 2 amide bonds. The maximum absolute atomic E-state index is 12.2. The molecule has 2 N–H and O–H groups in total. The van der Waals surface area contributed by atoms with E-state index in [-0.39, 0.29) is 18.4 Å². The van der Waals surface area contributed by atoms with Crippen LogP contribution in [0.2, 0.25) is 0 Å². The number of aryl methyl sites for hydroxylation is 2. The summed E-state index contributed by atoms with van der Waals surface area (Å²) in [5.74, 6) is -0.729. The zero-order chi connectivity index (χ0) is 14.8. The number of hydrogen-bond acceptors (Lipinski definition) is 4. The number of thiazole rings is 1. The minimum atomic E-state index is -0.796. The van der Waals surface area contributed by atoms with Gasteiger partial charge in [-0.25, -0.2) is 9.78 Å². The second kappa shape index (κ2) is 6.01. The molecule has 0 bridgehead atoms. The van der Waals surface area contributed by atoms with Crippen LogP contribution in [0, 0.1) is 5.92 Å². The highest BCUT2D eigenvalue weighted by Gasteiger charge is 2.28. The van der Waals surface area contributed by atoms with E-state index in [0.717, 1.165) is 25.0 Å². The normalized spacial score (nSPS) is 21.1. The van der Waals surface area contributed by atoms with E-state index in [9.17, 15) is 9.59 Å². The maximum Gasteiger partial charge on any atom is 0.323 e. The van der Waals surface area contributed by atoms with Gasteiger partial charge in [0.05, 0.1) is 5.69 Å². The Kier molecular flexibility index (Phi) is 4.10. The van der Waals surface area contributed by atoms with Gasteiger partial charge in [0, 0.05) is 24.4 Å². The summed E-state index contributed by atoms with van der Waals surface area (Å²) in [7, 11) is 0. The summed E-state index contributed by atoms with van der Waals surface area (Å²) in [6.07, 6.45) is 5.33. The third kappa shape index (κ3) is 3.34. The van der Waals surface area contributed by atoms with Gasteiger partial charge in [0.25, 0.3) is 0 Å². The smallest absolute Gasteiger partial charge is 0.323 e. The third-order valence-electron chi connectivity index (χ3n) is 4.10. The minimum absolute atomic E-state index is 0.0674. The van der Waals surface area contributed by atoms with E-state index in [2.05, 4.69) is 10.3 Å². The summed E-state index contributed by atoms with van der Waals surface area (Å²) in [6, 6.07) is -0.158. The Morgan fingerprint density at radius 3 is 2.95 bits per heavy atom. The highest BCUT2D eigenvalue weighted by Crippen LogP contribution is 2.30. The van der Waals surface area contributed by atoms with Gasteiger partial charge in [0.2, 0.25) is 0 Å². The second-order valence-electron chi connectivity index (χ2n) is 5.72. The van der Waals surface area contributed by atoms with Crippen molar-refractivity contribution < 1.29 is 14.7 Å². The fraction of sp³-hybridized carbons (Fsp3) is 0.643. The molecule has 0 radical (unpaired) electrons. The minimum Gasteiger partial charge on any atom is -0.481 e. The number of urea groups is 1. The Bertz CT molecular complexity index is 534. The van der Waals surface area contributed by atoms with E-state index in [0.29, 0.717) is 18.2 Å². The molecule has 21 heavy (non-hydrogen) atoms. The van der Waals surface area contributed by atoms with Crippen LogP contribution < -0.4 is 5.32 Å². The predicted molar refractivity (Wildman–Crippen MR) is 79.7 cm³/mol. The molecule has 1 atom stereocenters. The first-order valence-corrected chi connectivity index (χ1v) is 8.20. The van der Waals surface area contributed by atoms with Gasteiger partial charge in [0.15, 0.2) is 5.13 Å². The molecule has 1 saturated heterocycles. The Morgan fingerprint density at radius 1 is 1.38 bits per heavy atom. The third-order valence-corrected chi connectivity index (χ3v) is 5.17. The average Bonchev–Trinajstić information content (AvgIpc) is 3.03. The van der Waals surface area contributed by atoms with Crippen LogP contribution in [-0.2, 0) is 17.6 Å². The van der Waals surface area contributed by atoms with Crippen LogP contribution in [0.25, 0.3) is 0 Å². The first-order chi connectivity index (χ1) is 10.1. The van der Waals surface area contributed by atoms with E-state index in [1.807, 2.05) is 0 Å². The SMILES string of the molecule is O=C(O)CC1CCN(C(=O)Nc2nc3c(s2)CCCC3)C1. The van der Waals surface area contributed by atoms with E-state index < -0.39 is 5.97 Å². The molecule has 114 valence electrons. The van der Waals surface area contributed by atoms with Crippen molar-refractivity contribution in [1.82, 2.24) is 9.88 Å². The van der Waals surface area contributed by atoms with Crippen LogP contribution in [0.15, 0.2) is 0 Å². The molecule has 0 spiro atoms. The van der Waals surface area contributed by atoms with E-state index in [1.165, 1.54) is 17.7 Å². The van der Waals surface area contributed by atoms with E-state index >= 15 is 0 Å². The molecule has 1 aliphatic heterocycles. The van der Waals surface area contributed by atoms with Crippen molar-refractivity contribution in [3.63, 3.8) is 0 Å². The van der Waals surface area contributed by atoms with Crippen molar-refractivity contribution in [2.75, 3.05) is 18.4 Å². The topological polar surface area (TPSA) is 82.5 Å². The summed E-state index contributed by atoms with van der Waals surface area (Å²) >= 11 is 1.57. The molecule has 0 aromatic carbocycles. The Morgan fingerprint density at radius 2 is 2.19 bits per heavy atom. The lowest BCUT2D eigenvalue weighted by atomic mass is 10.0. The number of likely N-dealkylation sites (tertiary alicyclic amines) is 1. The number of aliphatic carboxylic acids is 1. The monoisotopic (exact) mass is 309 g/mol. The van der Waals surface area contributed by atoms with E-state index in [4.69, 9.17) is 5.11 Å². The molecule has 2 aliphatic rings. The Balaban J connectivity index is 1.57. The lowest BCUT2D eigenvalue weighted by molar-refractivity contribution is -0.138. The number of nitrogens with one attached hydrogen (secondary N) is 1. The van der Waals surface area contributed by atoms with Gasteiger partial charge in [-0.1, -0.05) is 0 Å². The zero-order valence-corrected chi connectivity index (χ0v) is 12.6. The number of rotatable bonds is 3. The van der Waals surface area contributed by atoms with Gasteiger partial charge in [-0.2, -0.15) is 0 Å². The number of carboxylic acid groups (broad SMARTS) is 1. The highest BCUT2D eigenvalue weighted by molar-refractivity contribution is 7.15. The molecule has 1 aromatic heterocycles. The molecular formula is C14H19N3O3S. The van der Waals surface area contributed by atoms with Gasteiger partial charge in [-0.15, -0.1) is 11.3 Å². The Labute approximate surface area is 127 Å². The summed E-state index contributed by atoms with van der Waals surface area (Å²) in [6.45, 7) is 1.14. The number of amides is 2. The summed E-state index contributed by atoms with van der Waals surface area (Å²) in [5, 5.41) is 12.3. The molecule has 1 fully saturated rings. The van der Waals surface area contributed by atoms with Crippen molar-refractivity contribution in [2.45, 2.75) is 38.5 Å². The summed E-state index contributed by atoms with van der Waals surface area (Å²) in [5.41, 5.74) is 1.13. The van der Waals surface area contributed by atoms with Crippen molar-refractivity contribution >= 4 is 28.5 Å². The van der Waals surface area contributed by atoms with Crippen LogP contribution in [0.4, 0.5) is 9.93 Å². The van der Waals surface area contributed by atoms with Crippen LogP contribution in [-0.4, -0.2) is 40.1 Å². The van der Waals surface area contributed by atoms with Crippen LogP contribution in [0.5, 0.6) is 0 Å². The molecule has 1 aromatic rings. The predicted octanol–water partition coefficient (Wildman–Crippen LogP) is 2.35. The summed E-state index contributed by atoms with van der Waals surface area (Å²) < 4.78 is 0. The van der Waals surface area contributed by atoms with Crippen molar-refractivity contribution in [1.29, 1.82) is 0 Å². The molecular weight excluding hydrogens is 290 g/mol. The average molecular weight is 309 g/mol. The zero-order valence-electron chi connectivity index (χ0n) is 11.8. The number of nitrogens with zero attached hydrogens (tertiary/aromatic N) is 2. The number of fused-ring (bicyclic) bond motifs is 1. The lowest BCUT2D eigenvalue weighted by Gasteiger charge is -2.15. The quantitative estimate of drug-likeness (QED) is 0.898.